The minimum atomic E-state index is -0.117. The van der Waals surface area contributed by atoms with Crippen LogP contribution in [0.2, 0.25) is 0 Å². The van der Waals surface area contributed by atoms with E-state index in [0.717, 1.165) is 0 Å². The highest BCUT2D eigenvalue weighted by Crippen LogP contribution is 2.54. The van der Waals surface area contributed by atoms with Gasteiger partial charge in [-0.25, -0.2) is 0 Å². The van der Waals surface area contributed by atoms with Crippen molar-refractivity contribution in [1.29, 1.82) is 0 Å². The van der Waals surface area contributed by atoms with Crippen molar-refractivity contribution < 1.29 is 0 Å². The molecule has 2 aliphatic carbocycles. The maximum Gasteiger partial charge on any atom is 0.0629 e. The van der Waals surface area contributed by atoms with Gasteiger partial charge in [0, 0.05) is 28.3 Å². The van der Waals surface area contributed by atoms with Gasteiger partial charge in [-0.2, -0.15) is 0 Å². The van der Waals surface area contributed by atoms with Crippen LogP contribution in [-0.2, 0) is 5.41 Å². The van der Waals surface area contributed by atoms with Crippen molar-refractivity contribution in [2.45, 2.75) is 31.2 Å². The summed E-state index contributed by atoms with van der Waals surface area (Å²) in [5.74, 6) is 0.0572. The van der Waals surface area contributed by atoms with Crippen molar-refractivity contribution in [3.63, 3.8) is 0 Å². The van der Waals surface area contributed by atoms with Gasteiger partial charge in [-0.1, -0.05) is 208 Å². The third-order valence-electron chi connectivity index (χ3n) is 12.1. The summed E-state index contributed by atoms with van der Waals surface area (Å²) in [6, 6.07) is 69.2. The second kappa shape index (κ2) is 13.9. The van der Waals surface area contributed by atoms with E-state index in [9.17, 15) is 0 Å². The lowest BCUT2D eigenvalue weighted by atomic mass is 9.80. The minimum Gasteiger partial charge on any atom is -0.333 e. The van der Waals surface area contributed by atoms with Crippen molar-refractivity contribution in [1.82, 2.24) is 0 Å². The normalized spacial score (nSPS) is 16.4. The summed E-state index contributed by atoms with van der Waals surface area (Å²) < 4.78 is 0. The van der Waals surface area contributed by atoms with E-state index in [2.05, 4.69) is 231 Å². The van der Waals surface area contributed by atoms with E-state index in [-0.39, 0.29) is 17.4 Å². The molecule has 0 spiro atoms. The van der Waals surface area contributed by atoms with Crippen LogP contribution >= 0.6 is 0 Å². The lowest BCUT2D eigenvalue weighted by molar-refractivity contribution is 0.659. The second-order valence-electron chi connectivity index (χ2n) is 15.6. The Hall–Kier alpha value is -6.70. The molecule has 0 saturated carbocycles. The molecule has 0 bridgehead atoms. The average molecular weight is 718 g/mol. The van der Waals surface area contributed by atoms with Gasteiger partial charge in [0.1, 0.15) is 0 Å². The third-order valence-corrected chi connectivity index (χ3v) is 12.1. The summed E-state index contributed by atoms with van der Waals surface area (Å²) in [5, 5.41) is 2.51. The Balaban J connectivity index is 1.19. The number of nitrogens with zero attached hydrogens (tertiary/aromatic N) is 1. The third kappa shape index (κ3) is 5.62. The highest BCUT2D eigenvalue weighted by molar-refractivity contribution is 5.98. The van der Waals surface area contributed by atoms with Gasteiger partial charge in [-0.3, -0.25) is 0 Å². The van der Waals surface area contributed by atoms with Gasteiger partial charge in [0.05, 0.1) is 6.04 Å². The Kier molecular flexibility index (Phi) is 8.37. The Labute approximate surface area is 330 Å². The van der Waals surface area contributed by atoms with Crippen LogP contribution in [0.15, 0.2) is 212 Å². The molecule has 0 saturated heterocycles. The van der Waals surface area contributed by atoms with Crippen molar-refractivity contribution in [2.75, 3.05) is 4.90 Å². The summed E-state index contributed by atoms with van der Waals surface area (Å²) in [5.41, 5.74) is 16.4. The van der Waals surface area contributed by atoms with Crippen LogP contribution in [0.1, 0.15) is 36.5 Å². The van der Waals surface area contributed by atoms with Gasteiger partial charge in [-0.15, -0.1) is 0 Å². The molecule has 10 rings (SSSR count). The molecule has 0 aliphatic heterocycles. The summed E-state index contributed by atoms with van der Waals surface area (Å²) in [6.07, 6.45) is 9.31. The highest BCUT2D eigenvalue weighted by atomic mass is 15.2. The largest absolute Gasteiger partial charge is 0.333 e. The lowest BCUT2D eigenvalue weighted by Gasteiger charge is -2.39. The molecule has 2 aliphatic rings. The van der Waals surface area contributed by atoms with Crippen molar-refractivity contribution >= 4 is 22.1 Å². The first-order valence-electron chi connectivity index (χ1n) is 19.8. The zero-order valence-electron chi connectivity index (χ0n) is 31.8. The van der Waals surface area contributed by atoms with Gasteiger partial charge in [-0.05, 0) is 84.6 Å². The molecule has 0 aromatic heterocycles. The fourth-order valence-electron chi connectivity index (χ4n) is 9.46. The molecule has 2 unspecified atom stereocenters. The molecule has 0 radical (unpaired) electrons. The van der Waals surface area contributed by atoms with E-state index >= 15 is 0 Å². The first-order chi connectivity index (χ1) is 27.6. The van der Waals surface area contributed by atoms with Crippen LogP contribution in [0, 0.1) is 0 Å². The number of hydrogen-bond donors (Lipinski definition) is 0. The summed E-state index contributed by atoms with van der Waals surface area (Å²) in [6.45, 7) is 4.75. The topological polar surface area (TPSA) is 3.24 Å². The molecule has 2 atom stereocenters. The number of hydrogen-bond acceptors (Lipinski definition) is 1. The van der Waals surface area contributed by atoms with Gasteiger partial charge in [0.15, 0.2) is 0 Å². The molecule has 1 nitrogen and oxygen atoms in total. The van der Waals surface area contributed by atoms with Crippen LogP contribution in [0.25, 0.3) is 55.3 Å². The maximum absolute atomic E-state index is 2.64. The van der Waals surface area contributed by atoms with Crippen LogP contribution in [0.4, 0.5) is 11.4 Å². The summed E-state index contributed by atoms with van der Waals surface area (Å²) in [4.78, 5) is 2.64. The minimum absolute atomic E-state index is 0.0184. The van der Waals surface area contributed by atoms with Crippen LogP contribution < -0.4 is 4.90 Å². The lowest BCUT2D eigenvalue weighted by Crippen LogP contribution is -2.36. The first kappa shape index (κ1) is 33.8. The van der Waals surface area contributed by atoms with Crippen molar-refractivity contribution in [2.24, 2.45) is 0 Å². The molecule has 0 N–H and O–H groups in total. The van der Waals surface area contributed by atoms with E-state index in [1.807, 2.05) is 0 Å². The number of fused-ring (bicyclic) bond motifs is 4. The Morgan fingerprint density at radius 3 is 1.93 bits per heavy atom. The average Bonchev–Trinajstić information content (AvgIpc) is 3.50. The second-order valence-corrected chi connectivity index (χ2v) is 15.6. The Morgan fingerprint density at radius 1 is 0.446 bits per heavy atom. The zero-order valence-corrected chi connectivity index (χ0v) is 31.8. The van der Waals surface area contributed by atoms with Crippen molar-refractivity contribution in [3.05, 3.63) is 229 Å². The fraction of sp³-hybridized carbons (Fsp3) is 0.0909. The molecular weight excluding hydrogens is 675 g/mol. The molecule has 268 valence electrons. The Bertz CT molecular complexity index is 2800. The van der Waals surface area contributed by atoms with E-state index in [1.165, 1.54) is 83.3 Å². The molecule has 1 heteroatoms. The maximum atomic E-state index is 2.64. The molecular formula is C55H43N. The smallest absolute Gasteiger partial charge is 0.0629 e. The van der Waals surface area contributed by atoms with Crippen LogP contribution in [-0.4, -0.2) is 6.04 Å². The molecule has 0 amide bonds. The highest BCUT2D eigenvalue weighted by Gasteiger charge is 2.39. The molecule has 0 fully saturated rings. The molecule has 8 aromatic rings. The summed E-state index contributed by atoms with van der Waals surface area (Å²) >= 11 is 0. The molecule has 0 heterocycles. The number of rotatable bonds is 7. The van der Waals surface area contributed by atoms with E-state index in [0.29, 0.717) is 0 Å². The van der Waals surface area contributed by atoms with E-state index in [4.69, 9.17) is 0 Å². The van der Waals surface area contributed by atoms with Crippen LogP contribution in [0.3, 0.4) is 0 Å². The quantitative estimate of drug-likeness (QED) is 0.159. The predicted molar refractivity (Wildman–Crippen MR) is 238 cm³/mol. The van der Waals surface area contributed by atoms with Crippen molar-refractivity contribution in [3.8, 4) is 44.5 Å². The SMILES string of the molecule is CC1(C)c2ccccc2-c2c(N(c3cccc(-c4cccc5ccccc45)c3)C3C=CC=CC3c3ccccc3-c3ccccc3-c3ccccc3)cccc21. The number of benzene rings is 8. The molecule has 8 aromatic carbocycles. The zero-order chi connectivity index (χ0) is 37.6. The number of anilines is 2. The standard InChI is InChI=1S/C55H43N/c1-55(2)50-33-14-12-31-49(50)54-51(55)34-18-36-53(54)56(41-24-16-23-40(37-41)44-32-17-22-39-21-6-7-25-42(39)44)52-35-15-13-30-48(52)47-29-11-10-28-46(47)45-27-9-8-26-43(45)38-19-4-3-5-20-38/h3-37,48,52H,1-2H3. The van der Waals surface area contributed by atoms with Crippen LogP contribution in [0.5, 0.6) is 0 Å². The van der Waals surface area contributed by atoms with Gasteiger partial charge in [0.25, 0.3) is 0 Å². The van der Waals surface area contributed by atoms with E-state index < -0.39 is 0 Å². The van der Waals surface area contributed by atoms with Gasteiger partial charge >= 0.3 is 0 Å². The number of allylic oxidation sites excluding steroid dienone is 2. The van der Waals surface area contributed by atoms with Gasteiger partial charge < -0.3 is 4.90 Å². The fourth-order valence-corrected chi connectivity index (χ4v) is 9.46. The molecule has 56 heavy (non-hydrogen) atoms. The Morgan fingerprint density at radius 2 is 1.05 bits per heavy atom. The first-order valence-corrected chi connectivity index (χ1v) is 19.8. The summed E-state index contributed by atoms with van der Waals surface area (Å²) in [7, 11) is 0. The monoisotopic (exact) mass is 717 g/mol. The van der Waals surface area contributed by atoms with E-state index in [1.54, 1.807) is 0 Å². The van der Waals surface area contributed by atoms with Gasteiger partial charge in [0.2, 0.25) is 0 Å². The predicted octanol–water partition coefficient (Wildman–Crippen LogP) is 14.6.